The lowest BCUT2D eigenvalue weighted by atomic mass is 10.2. The van der Waals surface area contributed by atoms with Crippen molar-refractivity contribution in [3.8, 4) is 5.75 Å². The van der Waals surface area contributed by atoms with Crippen molar-refractivity contribution in [1.29, 1.82) is 0 Å². The fraction of sp³-hybridized carbons (Fsp3) is 0.174. The number of hydrogen-bond acceptors (Lipinski definition) is 5. The minimum Gasteiger partial charge on any atom is -0.488 e. The molecule has 152 valence electrons. The standard InChI is InChI=1S/C23H21N3O3S/c1-15-22(16(2)27)30-23(24-15)25-21(28)13-26-12-11-18-19(26)9-6-10-20(18)29-14-17-7-4-3-5-8-17/h3-12H,13-14H2,1-2H3,(H,24,25,28). The van der Waals surface area contributed by atoms with Crippen LogP contribution in [0.5, 0.6) is 5.75 Å². The molecule has 0 fully saturated rings. The number of thiazole rings is 1. The fourth-order valence-electron chi connectivity index (χ4n) is 3.28. The van der Waals surface area contributed by atoms with E-state index in [0.29, 0.717) is 22.3 Å². The Hall–Kier alpha value is -3.45. The van der Waals surface area contributed by atoms with Crippen LogP contribution < -0.4 is 10.1 Å². The molecule has 2 aromatic heterocycles. The zero-order valence-electron chi connectivity index (χ0n) is 16.7. The molecule has 0 saturated carbocycles. The lowest BCUT2D eigenvalue weighted by Gasteiger charge is -2.09. The summed E-state index contributed by atoms with van der Waals surface area (Å²) < 4.78 is 7.87. The molecule has 0 atom stereocenters. The molecule has 0 unspecified atom stereocenters. The number of amides is 1. The number of carbonyl (C=O) groups excluding carboxylic acids is 2. The lowest BCUT2D eigenvalue weighted by molar-refractivity contribution is -0.116. The number of anilines is 1. The van der Waals surface area contributed by atoms with Crippen LogP contribution in [0, 0.1) is 6.92 Å². The Morgan fingerprint density at radius 2 is 1.90 bits per heavy atom. The second kappa shape index (κ2) is 8.51. The van der Waals surface area contributed by atoms with Gasteiger partial charge in [-0.15, -0.1) is 0 Å². The van der Waals surface area contributed by atoms with Crippen LogP contribution in [-0.4, -0.2) is 21.2 Å². The molecule has 0 saturated heterocycles. The summed E-state index contributed by atoms with van der Waals surface area (Å²) in [4.78, 5) is 28.9. The first-order valence-corrected chi connectivity index (χ1v) is 10.4. The molecule has 0 bridgehead atoms. The third-order valence-corrected chi connectivity index (χ3v) is 5.86. The van der Waals surface area contributed by atoms with Crippen molar-refractivity contribution in [3.63, 3.8) is 0 Å². The number of aromatic nitrogens is 2. The molecule has 6 nitrogen and oxygen atoms in total. The summed E-state index contributed by atoms with van der Waals surface area (Å²) in [5.41, 5.74) is 2.64. The maximum Gasteiger partial charge on any atom is 0.246 e. The van der Waals surface area contributed by atoms with E-state index in [1.165, 1.54) is 18.3 Å². The van der Waals surface area contributed by atoms with Crippen molar-refractivity contribution in [1.82, 2.24) is 9.55 Å². The Labute approximate surface area is 178 Å². The molecule has 2 aromatic carbocycles. The van der Waals surface area contributed by atoms with Gasteiger partial charge in [-0.25, -0.2) is 4.98 Å². The van der Waals surface area contributed by atoms with Crippen LogP contribution in [-0.2, 0) is 17.9 Å². The van der Waals surface area contributed by atoms with E-state index in [1.54, 1.807) is 6.92 Å². The van der Waals surface area contributed by atoms with Crippen LogP contribution in [0.15, 0.2) is 60.8 Å². The van der Waals surface area contributed by atoms with Gasteiger partial charge in [0.2, 0.25) is 5.91 Å². The third-order valence-electron chi connectivity index (χ3n) is 4.69. The minimum atomic E-state index is -0.202. The molecule has 30 heavy (non-hydrogen) atoms. The summed E-state index contributed by atoms with van der Waals surface area (Å²) in [5, 5.41) is 4.17. The van der Waals surface area contributed by atoms with E-state index in [0.717, 1.165) is 22.2 Å². The fourth-order valence-corrected chi connectivity index (χ4v) is 4.16. The van der Waals surface area contributed by atoms with E-state index >= 15 is 0 Å². The van der Waals surface area contributed by atoms with E-state index in [-0.39, 0.29) is 18.2 Å². The van der Waals surface area contributed by atoms with Gasteiger partial charge in [0.15, 0.2) is 10.9 Å². The molecule has 0 aliphatic carbocycles. The molecule has 0 radical (unpaired) electrons. The molecule has 1 amide bonds. The van der Waals surface area contributed by atoms with Gasteiger partial charge in [-0.1, -0.05) is 47.7 Å². The van der Waals surface area contributed by atoms with Crippen molar-refractivity contribution >= 4 is 39.1 Å². The maximum absolute atomic E-state index is 12.5. The molecule has 0 aliphatic rings. The largest absolute Gasteiger partial charge is 0.488 e. The van der Waals surface area contributed by atoms with Gasteiger partial charge in [-0.2, -0.15) is 0 Å². The topological polar surface area (TPSA) is 73.2 Å². The summed E-state index contributed by atoms with van der Waals surface area (Å²) >= 11 is 1.20. The number of nitrogens with zero attached hydrogens (tertiary/aromatic N) is 2. The lowest BCUT2D eigenvalue weighted by Crippen LogP contribution is -2.18. The van der Waals surface area contributed by atoms with E-state index in [1.807, 2.05) is 65.4 Å². The number of Topliss-reactive ketones (excluding diaryl/α,β-unsaturated/α-hetero) is 1. The molecule has 4 aromatic rings. The van der Waals surface area contributed by atoms with E-state index in [4.69, 9.17) is 4.74 Å². The number of carbonyl (C=O) groups is 2. The van der Waals surface area contributed by atoms with Gasteiger partial charge < -0.3 is 14.6 Å². The van der Waals surface area contributed by atoms with Gasteiger partial charge in [-0.05, 0) is 30.7 Å². The molecule has 7 heteroatoms. The number of nitrogens with one attached hydrogen (secondary N) is 1. The third kappa shape index (κ3) is 4.26. The van der Waals surface area contributed by atoms with Gasteiger partial charge >= 0.3 is 0 Å². The van der Waals surface area contributed by atoms with Gasteiger partial charge in [0.25, 0.3) is 0 Å². The summed E-state index contributed by atoms with van der Waals surface area (Å²) in [6, 6.07) is 17.7. The highest BCUT2D eigenvalue weighted by molar-refractivity contribution is 7.17. The molecular formula is C23H21N3O3S. The summed E-state index contributed by atoms with van der Waals surface area (Å²) in [5.74, 6) is 0.522. The molecule has 1 N–H and O–H groups in total. The number of benzene rings is 2. The maximum atomic E-state index is 12.5. The van der Waals surface area contributed by atoms with Crippen molar-refractivity contribution in [3.05, 3.63) is 76.9 Å². The van der Waals surface area contributed by atoms with E-state index < -0.39 is 0 Å². The number of ketones is 1. The van der Waals surface area contributed by atoms with Crippen molar-refractivity contribution < 1.29 is 14.3 Å². The average molecular weight is 420 g/mol. The van der Waals surface area contributed by atoms with Crippen LogP contribution >= 0.6 is 11.3 Å². The normalized spacial score (nSPS) is 10.9. The Bertz CT molecular complexity index is 1210. The number of ether oxygens (including phenoxy) is 1. The summed E-state index contributed by atoms with van der Waals surface area (Å²) in [6.45, 7) is 3.88. The van der Waals surface area contributed by atoms with Crippen LogP contribution in [0.25, 0.3) is 10.9 Å². The first-order chi connectivity index (χ1) is 14.5. The summed E-state index contributed by atoms with van der Waals surface area (Å²) in [6.07, 6.45) is 1.87. The second-order valence-corrected chi connectivity index (χ2v) is 7.94. The van der Waals surface area contributed by atoms with Crippen LogP contribution in [0.3, 0.4) is 0 Å². The van der Waals surface area contributed by atoms with Gasteiger partial charge in [0.1, 0.15) is 18.9 Å². The van der Waals surface area contributed by atoms with E-state index in [9.17, 15) is 9.59 Å². The first kappa shape index (κ1) is 19.8. The highest BCUT2D eigenvalue weighted by Gasteiger charge is 2.15. The summed E-state index contributed by atoms with van der Waals surface area (Å²) in [7, 11) is 0. The number of hydrogen-bond donors (Lipinski definition) is 1. The van der Waals surface area contributed by atoms with Crippen LogP contribution in [0.2, 0.25) is 0 Å². The predicted molar refractivity (Wildman–Crippen MR) is 118 cm³/mol. The first-order valence-electron chi connectivity index (χ1n) is 9.54. The molecule has 4 rings (SSSR count). The predicted octanol–water partition coefficient (Wildman–Crippen LogP) is 4.83. The molecule has 0 aliphatic heterocycles. The molecule has 2 heterocycles. The highest BCUT2D eigenvalue weighted by Crippen LogP contribution is 2.28. The zero-order chi connectivity index (χ0) is 21.1. The molecule has 0 spiro atoms. The van der Waals surface area contributed by atoms with Gasteiger partial charge in [0, 0.05) is 18.5 Å². The van der Waals surface area contributed by atoms with Crippen molar-refractivity contribution in [2.24, 2.45) is 0 Å². The Morgan fingerprint density at radius 3 is 2.63 bits per heavy atom. The number of rotatable bonds is 7. The molecular weight excluding hydrogens is 398 g/mol. The average Bonchev–Trinajstić information content (AvgIpc) is 3.30. The Kier molecular flexibility index (Phi) is 5.63. The highest BCUT2D eigenvalue weighted by atomic mass is 32.1. The number of fused-ring (bicyclic) bond motifs is 1. The van der Waals surface area contributed by atoms with Gasteiger partial charge in [0.05, 0.1) is 16.1 Å². The minimum absolute atomic E-state index is 0.0510. The Balaban J connectivity index is 1.47. The zero-order valence-corrected chi connectivity index (χ0v) is 17.5. The second-order valence-electron chi connectivity index (χ2n) is 6.94. The van der Waals surface area contributed by atoms with Gasteiger partial charge in [-0.3, -0.25) is 9.59 Å². The van der Waals surface area contributed by atoms with Crippen molar-refractivity contribution in [2.75, 3.05) is 5.32 Å². The van der Waals surface area contributed by atoms with Crippen LogP contribution in [0.4, 0.5) is 5.13 Å². The quantitative estimate of drug-likeness (QED) is 0.436. The smallest absolute Gasteiger partial charge is 0.246 e. The van der Waals surface area contributed by atoms with Crippen LogP contribution in [0.1, 0.15) is 27.9 Å². The monoisotopic (exact) mass is 419 g/mol. The van der Waals surface area contributed by atoms with E-state index in [2.05, 4.69) is 10.3 Å². The van der Waals surface area contributed by atoms with Crippen molar-refractivity contribution in [2.45, 2.75) is 27.0 Å². The SMILES string of the molecule is CC(=O)c1sc(NC(=O)Cn2ccc3c(OCc4ccccc4)cccc32)nc1C. The Morgan fingerprint density at radius 1 is 1.10 bits per heavy atom. The number of aryl methyl sites for hydroxylation is 1.